The molecule has 2 aliphatic heterocycles. The molecule has 2 aromatic heterocycles. The third kappa shape index (κ3) is 1.82. The fourth-order valence-corrected chi connectivity index (χ4v) is 3.48. The highest BCUT2D eigenvalue weighted by Crippen LogP contribution is 2.40. The Morgan fingerprint density at radius 2 is 2.00 bits per heavy atom. The van der Waals surface area contributed by atoms with Crippen molar-refractivity contribution >= 4 is 23.3 Å². The number of anilines is 2. The third-order valence-electron chi connectivity index (χ3n) is 3.65. The fraction of sp³-hybridized carbons (Fsp3) is 0.500. The molecule has 1 saturated heterocycles. The summed E-state index contributed by atoms with van der Waals surface area (Å²) in [5, 5.41) is 9.96. The zero-order valence-electron chi connectivity index (χ0n) is 11.2. The highest BCUT2D eigenvalue weighted by Gasteiger charge is 2.26. The minimum atomic E-state index is 0.818. The molecule has 0 radical (unpaired) electrons. The maximum atomic E-state index is 4.49. The first kappa shape index (κ1) is 12.0. The number of hydrogen-bond donors (Lipinski definition) is 1. The van der Waals surface area contributed by atoms with E-state index in [0.29, 0.717) is 0 Å². The van der Waals surface area contributed by atoms with E-state index >= 15 is 0 Å². The Morgan fingerprint density at radius 3 is 2.85 bits per heavy atom. The molecule has 0 aliphatic carbocycles. The van der Waals surface area contributed by atoms with Crippen LogP contribution >= 0.6 is 11.8 Å². The van der Waals surface area contributed by atoms with E-state index in [0.717, 1.165) is 40.6 Å². The van der Waals surface area contributed by atoms with E-state index in [-0.39, 0.29) is 0 Å². The molecule has 0 aromatic carbocycles. The van der Waals surface area contributed by atoms with E-state index in [4.69, 9.17) is 0 Å². The van der Waals surface area contributed by atoms with Gasteiger partial charge in [0, 0.05) is 13.1 Å². The number of aryl methyl sites for hydroxylation is 1. The van der Waals surface area contributed by atoms with Gasteiger partial charge in [-0.2, -0.15) is 0 Å². The van der Waals surface area contributed by atoms with Crippen LogP contribution in [0.5, 0.6) is 0 Å². The minimum absolute atomic E-state index is 0.818. The quantitative estimate of drug-likeness (QED) is 0.684. The minimum Gasteiger partial charge on any atom is -0.355 e. The molecular weight excluding hydrogens is 274 g/mol. The van der Waals surface area contributed by atoms with Crippen molar-refractivity contribution in [1.82, 2.24) is 24.8 Å². The van der Waals surface area contributed by atoms with Crippen molar-refractivity contribution in [1.29, 1.82) is 0 Å². The van der Waals surface area contributed by atoms with Gasteiger partial charge in [-0.1, -0.05) is 0 Å². The van der Waals surface area contributed by atoms with E-state index in [2.05, 4.69) is 30.5 Å². The second kappa shape index (κ2) is 4.62. The molecule has 8 heteroatoms. The van der Waals surface area contributed by atoms with E-state index in [1.165, 1.54) is 31.0 Å². The van der Waals surface area contributed by atoms with Crippen LogP contribution in [-0.2, 0) is 0 Å². The zero-order chi connectivity index (χ0) is 13.5. The van der Waals surface area contributed by atoms with Gasteiger partial charge in [-0.3, -0.25) is 5.43 Å². The summed E-state index contributed by atoms with van der Waals surface area (Å²) < 4.78 is 1.89. The van der Waals surface area contributed by atoms with Crippen LogP contribution in [0.2, 0.25) is 0 Å². The highest BCUT2D eigenvalue weighted by atomic mass is 32.2. The number of fused-ring (bicyclic) bond motifs is 2. The average molecular weight is 289 g/mol. The van der Waals surface area contributed by atoms with Gasteiger partial charge in [-0.25, -0.2) is 14.6 Å². The van der Waals surface area contributed by atoms with Gasteiger partial charge in [0.05, 0.1) is 0 Å². The van der Waals surface area contributed by atoms with Gasteiger partial charge < -0.3 is 4.90 Å². The molecular formula is C12H15N7S. The molecule has 2 aliphatic rings. The summed E-state index contributed by atoms with van der Waals surface area (Å²) in [7, 11) is 0. The van der Waals surface area contributed by atoms with Crippen molar-refractivity contribution in [2.24, 2.45) is 0 Å². The van der Waals surface area contributed by atoms with Crippen molar-refractivity contribution in [2.75, 3.05) is 23.4 Å². The lowest BCUT2D eigenvalue weighted by molar-refractivity contribution is 0.572. The maximum absolute atomic E-state index is 4.49. The molecule has 0 unspecified atom stereocenters. The molecule has 1 fully saturated rings. The van der Waals surface area contributed by atoms with Crippen LogP contribution in [0, 0.1) is 6.92 Å². The van der Waals surface area contributed by atoms with Gasteiger partial charge in [0.2, 0.25) is 5.16 Å². The van der Waals surface area contributed by atoms with Crippen LogP contribution in [0.3, 0.4) is 0 Å². The summed E-state index contributed by atoms with van der Waals surface area (Å²) >= 11 is 1.53. The van der Waals surface area contributed by atoms with Crippen molar-refractivity contribution < 1.29 is 0 Å². The predicted molar refractivity (Wildman–Crippen MR) is 76.0 cm³/mol. The number of piperidine rings is 1. The second-order valence-electron chi connectivity index (χ2n) is 5.00. The van der Waals surface area contributed by atoms with Crippen molar-refractivity contribution in [3.05, 3.63) is 12.2 Å². The lowest BCUT2D eigenvalue weighted by Crippen LogP contribution is -2.32. The number of aromatic nitrogens is 5. The molecule has 0 atom stereocenters. The molecule has 4 rings (SSSR count). The summed E-state index contributed by atoms with van der Waals surface area (Å²) in [6.07, 6.45) is 5.39. The molecule has 0 saturated carbocycles. The van der Waals surface area contributed by atoms with Gasteiger partial charge in [0.1, 0.15) is 22.9 Å². The lowest BCUT2D eigenvalue weighted by Gasteiger charge is -2.31. The first-order valence-corrected chi connectivity index (χ1v) is 7.61. The summed E-state index contributed by atoms with van der Waals surface area (Å²) in [4.78, 5) is 11.2. The number of nitrogens with one attached hydrogen (secondary N) is 1. The Balaban J connectivity index is 1.75. The Hall–Kier alpha value is -1.83. The smallest absolute Gasteiger partial charge is 0.216 e. The second-order valence-corrected chi connectivity index (χ2v) is 5.96. The Kier molecular flexibility index (Phi) is 2.76. The predicted octanol–water partition coefficient (Wildman–Crippen LogP) is 1.71. The van der Waals surface area contributed by atoms with Crippen LogP contribution < -0.4 is 10.3 Å². The SMILES string of the molecule is Cc1nnc2n1Nc1c(ncnc1N1CCCCC1)S2. The van der Waals surface area contributed by atoms with Gasteiger partial charge >= 0.3 is 0 Å². The lowest BCUT2D eigenvalue weighted by atomic mass is 10.1. The largest absolute Gasteiger partial charge is 0.355 e. The van der Waals surface area contributed by atoms with E-state index < -0.39 is 0 Å². The van der Waals surface area contributed by atoms with Crippen molar-refractivity contribution in [3.63, 3.8) is 0 Å². The number of nitrogens with zero attached hydrogens (tertiary/aromatic N) is 6. The Morgan fingerprint density at radius 1 is 1.15 bits per heavy atom. The molecule has 2 aromatic rings. The van der Waals surface area contributed by atoms with Crippen LogP contribution in [-0.4, -0.2) is 37.9 Å². The third-order valence-corrected chi connectivity index (χ3v) is 4.60. The molecule has 20 heavy (non-hydrogen) atoms. The van der Waals surface area contributed by atoms with E-state index in [1.54, 1.807) is 6.33 Å². The van der Waals surface area contributed by atoms with Crippen molar-refractivity contribution in [3.8, 4) is 0 Å². The van der Waals surface area contributed by atoms with Crippen LogP contribution in [0.1, 0.15) is 25.1 Å². The Labute approximate surface area is 120 Å². The first-order chi connectivity index (χ1) is 9.83. The standard InChI is InChI=1S/C12H15N7S/c1-8-15-16-12-19(8)17-9-10(13-7-14-11(9)20-12)18-5-3-2-4-6-18/h7,17H,2-6H2,1H3. The van der Waals surface area contributed by atoms with E-state index in [9.17, 15) is 0 Å². The molecule has 0 spiro atoms. The normalized spacial score (nSPS) is 17.4. The van der Waals surface area contributed by atoms with Gasteiger partial charge in [-0.15, -0.1) is 10.2 Å². The number of hydrogen-bond acceptors (Lipinski definition) is 7. The molecule has 4 heterocycles. The topological polar surface area (TPSA) is 71.8 Å². The van der Waals surface area contributed by atoms with Crippen LogP contribution in [0.15, 0.2) is 16.5 Å². The summed E-state index contributed by atoms with van der Waals surface area (Å²) in [6.45, 7) is 4.05. The average Bonchev–Trinajstić information content (AvgIpc) is 2.86. The van der Waals surface area contributed by atoms with Crippen LogP contribution in [0.25, 0.3) is 0 Å². The van der Waals surface area contributed by atoms with Gasteiger partial charge in [0.25, 0.3) is 0 Å². The Bertz CT molecular complexity index is 647. The molecule has 7 nitrogen and oxygen atoms in total. The van der Waals surface area contributed by atoms with Crippen LogP contribution in [0.4, 0.5) is 11.5 Å². The van der Waals surface area contributed by atoms with Gasteiger partial charge in [0.15, 0.2) is 5.82 Å². The highest BCUT2D eigenvalue weighted by molar-refractivity contribution is 7.99. The molecule has 104 valence electrons. The van der Waals surface area contributed by atoms with E-state index in [1.807, 2.05) is 11.6 Å². The summed E-state index contributed by atoms with van der Waals surface area (Å²) in [5.41, 5.74) is 4.33. The number of rotatable bonds is 1. The summed E-state index contributed by atoms with van der Waals surface area (Å²) in [5.74, 6) is 1.83. The first-order valence-electron chi connectivity index (χ1n) is 6.80. The molecule has 0 amide bonds. The zero-order valence-corrected chi connectivity index (χ0v) is 12.0. The molecule has 1 N–H and O–H groups in total. The maximum Gasteiger partial charge on any atom is 0.216 e. The monoisotopic (exact) mass is 289 g/mol. The van der Waals surface area contributed by atoms with Crippen molar-refractivity contribution in [2.45, 2.75) is 36.4 Å². The fourth-order valence-electron chi connectivity index (χ4n) is 2.62. The molecule has 0 bridgehead atoms. The van der Waals surface area contributed by atoms with Gasteiger partial charge in [-0.05, 0) is 37.9 Å². The summed E-state index contributed by atoms with van der Waals surface area (Å²) in [6, 6.07) is 0.